The smallest absolute Gasteiger partial charge is 0.265 e. The summed E-state index contributed by atoms with van der Waals surface area (Å²) in [4.78, 5) is 0.0331. The molecule has 0 bridgehead atoms. The van der Waals surface area contributed by atoms with Gasteiger partial charge in [0.25, 0.3) is 10.0 Å². The van der Waals surface area contributed by atoms with Crippen LogP contribution in [0.15, 0.2) is 69.4 Å². The van der Waals surface area contributed by atoms with Gasteiger partial charge in [0, 0.05) is 16.6 Å². The van der Waals surface area contributed by atoms with E-state index in [1.54, 1.807) is 43.3 Å². The molecule has 0 saturated heterocycles. The quantitative estimate of drug-likeness (QED) is 0.739. The number of ether oxygens (including phenoxy) is 1. The summed E-state index contributed by atoms with van der Waals surface area (Å²) < 4.78 is 35.0. The molecule has 1 atom stereocenters. The summed E-state index contributed by atoms with van der Waals surface area (Å²) in [6.45, 7) is 2.02. The van der Waals surface area contributed by atoms with E-state index in [4.69, 9.17) is 10.5 Å². The SMILES string of the molecule is CCN1c2ccccc2C2=C([C@H](c3ccccc3Br)C(C#N)=C(N)O2)S1(=O)=O. The molecule has 142 valence electrons. The minimum atomic E-state index is -3.94. The highest BCUT2D eigenvalue weighted by Gasteiger charge is 2.47. The standard InChI is InChI=1S/C20H16BrN3O3S/c1-2-24-16-10-6-4-8-13(16)18-19(28(24,25)26)17(14(11-22)20(23)27-18)12-7-3-5-9-15(12)21/h3-10,17H,2,23H2,1H3/t17-/m1/s1. The first-order valence-electron chi connectivity index (χ1n) is 8.60. The molecule has 0 spiro atoms. The van der Waals surface area contributed by atoms with Gasteiger partial charge in [0.15, 0.2) is 5.76 Å². The van der Waals surface area contributed by atoms with Crippen LogP contribution in [0.1, 0.15) is 24.0 Å². The number of hydrogen-bond donors (Lipinski definition) is 1. The van der Waals surface area contributed by atoms with Gasteiger partial charge in [-0.25, -0.2) is 8.42 Å². The molecule has 2 heterocycles. The summed E-state index contributed by atoms with van der Waals surface area (Å²) in [5, 5.41) is 9.75. The number of para-hydroxylation sites is 1. The van der Waals surface area contributed by atoms with Crippen molar-refractivity contribution in [3.05, 3.63) is 80.5 Å². The largest absolute Gasteiger partial charge is 0.439 e. The molecule has 6 nitrogen and oxygen atoms in total. The number of allylic oxidation sites excluding steroid dienone is 2. The van der Waals surface area contributed by atoms with E-state index in [0.717, 1.165) is 0 Å². The fourth-order valence-corrected chi connectivity index (χ4v) is 6.11. The third-order valence-electron chi connectivity index (χ3n) is 4.86. The van der Waals surface area contributed by atoms with E-state index in [1.807, 2.05) is 18.2 Å². The van der Waals surface area contributed by atoms with Crippen LogP contribution in [-0.2, 0) is 14.8 Å². The van der Waals surface area contributed by atoms with Crippen LogP contribution >= 0.6 is 15.9 Å². The number of nitrogens with zero attached hydrogens (tertiary/aromatic N) is 2. The molecule has 8 heteroatoms. The number of hydrogen-bond acceptors (Lipinski definition) is 5. The molecule has 2 aromatic carbocycles. The number of halogens is 1. The van der Waals surface area contributed by atoms with Gasteiger partial charge in [0.05, 0.1) is 11.6 Å². The van der Waals surface area contributed by atoms with Crippen molar-refractivity contribution in [2.24, 2.45) is 5.73 Å². The van der Waals surface area contributed by atoms with Gasteiger partial charge >= 0.3 is 0 Å². The molecule has 2 aliphatic rings. The predicted molar refractivity (Wildman–Crippen MR) is 110 cm³/mol. The lowest BCUT2D eigenvalue weighted by Crippen LogP contribution is -2.39. The number of nitrogens with two attached hydrogens (primary N) is 1. The van der Waals surface area contributed by atoms with E-state index >= 15 is 0 Å². The Labute approximate surface area is 171 Å². The maximum Gasteiger partial charge on any atom is 0.265 e. The number of fused-ring (bicyclic) bond motifs is 2. The van der Waals surface area contributed by atoms with Gasteiger partial charge in [0.1, 0.15) is 16.5 Å². The molecule has 0 fully saturated rings. The van der Waals surface area contributed by atoms with Crippen molar-refractivity contribution in [3.63, 3.8) is 0 Å². The van der Waals surface area contributed by atoms with Gasteiger partial charge in [-0.05, 0) is 30.7 Å². The van der Waals surface area contributed by atoms with Crippen LogP contribution in [0, 0.1) is 11.3 Å². The molecule has 2 aromatic rings. The van der Waals surface area contributed by atoms with Gasteiger partial charge in [-0.2, -0.15) is 5.26 Å². The average molecular weight is 458 g/mol. The minimum absolute atomic E-state index is 0.0331. The van der Waals surface area contributed by atoms with Gasteiger partial charge < -0.3 is 10.5 Å². The molecule has 2 N–H and O–H groups in total. The average Bonchev–Trinajstić information content (AvgIpc) is 2.67. The molecule has 0 radical (unpaired) electrons. The van der Waals surface area contributed by atoms with Crippen molar-refractivity contribution in [2.45, 2.75) is 12.8 Å². The predicted octanol–water partition coefficient (Wildman–Crippen LogP) is 3.80. The normalized spacial score (nSPS) is 20.2. The monoisotopic (exact) mass is 457 g/mol. The molecule has 0 unspecified atom stereocenters. The molecule has 4 rings (SSSR count). The van der Waals surface area contributed by atoms with Gasteiger partial charge in [-0.3, -0.25) is 4.31 Å². The second kappa shape index (κ2) is 6.69. The number of sulfonamides is 1. The van der Waals surface area contributed by atoms with Crippen molar-refractivity contribution in [2.75, 3.05) is 10.8 Å². The van der Waals surface area contributed by atoms with Crippen LogP contribution < -0.4 is 10.0 Å². The van der Waals surface area contributed by atoms with Crippen LogP contribution in [0.5, 0.6) is 0 Å². The number of nitriles is 1. The third-order valence-corrected chi connectivity index (χ3v) is 7.60. The highest BCUT2D eigenvalue weighted by molar-refractivity contribution is 9.10. The van der Waals surface area contributed by atoms with Crippen LogP contribution in [0.4, 0.5) is 5.69 Å². The third kappa shape index (κ3) is 2.54. The zero-order valence-electron chi connectivity index (χ0n) is 14.9. The molecule has 28 heavy (non-hydrogen) atoms. The van der Waals surface area contributed by atoms with E-state index in [0.29, 0.717) is 21.3 Å². The van der Waals surface area contributed by atoms with E-state index < -0.39 is 15.9 Å². The number of anilines is 1. The van der Waals surface area contributed by atoms with Crippen molar-refractivity contribution in [1.82, 2.24) is 0 Å². The molecular weight excluding hydrogens is 442 g/mol. The Morgan fingerprint density at radius 3 is 2.57 bits per heavy atom. The summed E-state index contributed by atoms with van der Waals surface area (Å²) in [6.07, 6.45) is 0. The fraction of sp³-hybridized carbons (Fsp3) is 0.150. The van der Waals surface area contributed by atoms with Crippen molar-refractivity contribution >= 4 is 37.4 Å². The van der Waals surface area contributed by atoms with Gasteiger partial charge in [-0.15, -0.1) is 0 Å². The Hall–Kier alpha value is -2.76. The van der Waals surface area contributed by atoms with E-state index in [2.05, 4.69) is 15.9 Å². The zero-order valence-corrected chi connectivity index (χ0v) is 17.3. The van der Waals surface area contributed by atoms with Crippen LogP contribution in [0.2, 0.25) is 0 Å². The topological polar surface area (TPSA) is 96.4 Å². The van der Waals surface area contributed by atoms with Gasteiger partial charge in [0.2, 0.25) is 5.88 Å². The van der Waals surface area contributed by atoms with Crippen LogP contribution in [-0.4, -0.2) is 15.0 Å². The second-order valence-electron chi connectivity index (χ2n) is 6.33. The highest BCUT2D eigenvalue weighted by atomic mass is 79.9. The summed E-state index contributed by atoms with van der Waals surface area (Å²) in [6, 6.07) is 16.4. The van der Waals surface area contributed by atoms with Crippen LogP contribution in [0.25, 0.3) is 5.76 Å². The molecule has 2 aliphatic heterocycles. The summed E-state index contributed by atoms with van der Waals surface area (Å²) in [5.41, 5.74) is 7.93. The van der Waals surface area contributed by atoms with E-state index in [1.165, 1.54) is 4.31 Å². The fourth-order valence-electron chi connectivity index (χ4n) is 3.67. The Kier molecular flexibility index (Phi) is 4.44. The Balaban J connectivity index is 2.11. The first kappa shape index (κ1) is 18.6. The second-order valence-corrected chi connectivity index (χ2v) is 9.01. The first-order valence-corrected chi connectivity index (χ1v) is 10.8. The van der Waals surface area contributed by atoms with Crippen molar-refractivity contribution < 1.29 is 13.2 Å². The number of benzene rings is 2. The maximum absolute atomic E-state index is 13.6. The Morgan fingerprint density at radius 1 is 1.21 bits per heavy atom. The minimum Gasteiger partial charge on any atom is -0.439 e. The molecule has 0 saturated carbocycles. The van der Waals surface area contributed by atoms with Crippen LogP contribution in [0.3, 0.4) is 0 Å². The lowest BCUT2D eigenvalue weighted by atomic mass is 9.88. The lowest BCUT2D eigenvalue weighted by molar-refractivity contribution is 0.357. The van der Waals surface area contributed by atoms with Gasteiger partial charge in [-0.1, -0.05) is 46.3 Å². The Morgan fingerprint density at radius 2 is 1.89 bits per heavy atom. The first-order chi connectivity index (χ1) is 13.4. The van der Waals surface area contributed by atoms with Crippen molar-refractivity contribution in [1.29, 1.82) is 5.26 Å². The number of rotatable bonds is 2. The molecule has 0 aliphatic carbocycles. The summed E-state index contributed by atoms with van der Waals surface area (Å²) in [5.74, 6) is -0.772. The Bertz CT molecular complexity index is 1200. The molecular formula is C20H16BrN3O3S. The molecule has 0 amide bonds. The highest BCUT2D eigenvalue weighted by Crippen LogP contribution is 2.51. The zero-order chi connectivity index (χ0) is 20.1. The lowest BCUT2D eigenvalue weighted by Gasteiger charge is -2.37. The molecule has 0 aromatic heterocycles. The van der Waals surface area contributed by atoms with Crippen molar-refractivity contribution in [3.8, 4) is 6.07 Å². The van der Waals surface area contributed by atoms with E-state index in [9.17, 15) is 13.7 Å². The summed E-state index contributed by atoms with van der Waals surface area (Å²) in [7, 11) is -3.94. The summed E-state index contributed by atoms with van der Waals surface area (Å²) >= 11 is 3.48. The maximum atomic E-state index is 13.6. The van der Waals surface area contributed by atoms with E-state index in [-0.39, 0.29) is 28.7 Å².